The van der Waals surface area contributed by atoms with Crippen LogP contribution < -0.4 is 21.3 Å². The first-order valence-corrected chi connectivity index (χ1v) is 12.6. The number of rotatable bonds is 8. The second kappa shape index (κ2) is 11.8. The van der Waals surface area contributed by atoms with Crippen molar-refractivity contribution in [1.29, 1.82) is 0 Å². The van der Waals surface area contributed by atoms with Gasteiger partial charge < -0.3 is 16.4 Å². The molecular weight excluding hydrogens is 481 g/mol. The third-order valence-electron chi connectivity index (χ3n) is 6.10. The van der Waals surface area contributed by atoms with E-state index in [4.69, 9.17) is 5.73 Å². The number of nitrogens with two attached hydrogens (primary N) is 1. The maximum absolute atomic E-state index is 13.5. The first-order chi connectivity index (χ1) is 17.4. The molecular formula is C26H28FN5O3S. The summed E-state index contributed by atoms with van der Waals surface area (Å²) >= 11 is 0.805. The Morgan fingerprint density at radius 2 is 1.72 bits per heavy atom. The van der Waals surface area contributed by atoms with E-state index >= 15 is 0 Å². The summed E-state index contributed by atoms with van der Waals surface area (Å²) in [7, 11) is 0. The third-order valence-corrected chi connectivity index (χ3v) is 6.95. The Kier molecular flexibility index (Phi) is 8.27. The number of carbonyl (C=O) groups is 3. The topological polar surface area (TPSA) is 117 Å². The summed E-state index contributed by atoms with van der Waals surface area (Å²) in [5.41, 5.74) is 7.39. The quantitative estimate of drug-likeness (QED) is 0.426. The Labute approximate surface area is 212 Å². The van der Waals surface area contributed by atoms with Crippen molar-refractivity contribution in [3.8, 4) is 0 Å². The predicted octanol–water partition coefficient (Wildman–Crippen LogP) is 3.89. The van der Waals surface area contributed by atoms with Crippen LogP contribution in [0.2, 0.25) is 0 Å². The Balaban J connectivity index is 1.51. The highest BCUT2D eigenvalue weighted by Gasteiger charge is 2.29. The third kappa shape index (κ3) is 6.25. The molecule has 4 N–H and O–H groups in total. The van der Waals surface area contributed by atoms with Crippen molar-refractivity contribution >= 4 is 40.6 Å². The molecule has 4 rings (SSSR count). The highest BCUT2D eigenvalue weighted by molar-refractivity contribution is 7.09. The van der Waals surface area contributed by atoms with Gasteiger partial charge in [0.25, 0.3) is 11.8 Å². The SMILES string of the molecule is Nc1c(C(=O)NC2CCCCC2)nsc1C(=O)N(CC(=O)NCc1ccccc1)c1ccc(F)cc1. The lowest BCUT2D eigenvalue weighted by molar-refractivity contribution is -0.119. The standard InChI is InChI=1S/C26H28FN5O3S/c27-18-11-13-20(14-12-18)32(16-21(33)29-15-17-7-3-1-4-8-17)26(35)24-22(28)23(31-36-24)25(34)30-19-9-5-2-6-10-19/h1,3-4,7-8,11-14,19H,2,5-6,9-10,15-16,28H2,(H,29,33)(H,30,34). The highest BCUT2D eigenvalue weighted by Crippen LogP contribution is 2.27. The minimum atomic E-state index is -0.594. The predicted molar refractivity (Wildman–Crippen MR) is 137 cm³/mol. The van der Waals surface area contributed by atoms with E-state index in [2.05, 4.69) is 15.0 Å². The Morgan fingerprint density at radius 3 is 2.42 bits per heavy atom. The number of hydrogen-bond donors (Lipinski definition) is 3. The largest absolute Gasteiger partial charge is 0.395 e. The van der Waals surface area contributed by atoms with Crippen LogP contribution in [0.15, 0.2) is 54.6 Å². The van der Waals surface area contributed by atoms with E-state index in [0.717, 1.165) is 49.2 Å². The van der Waals surface area contributed by atoms with Gasteiger partial charge >= 0.3 is 0 Å². The van der Waals surface area contributed by atoms with E-state index in [0.29, 0.717) is 12.2 Å². The number of benzene rings is 2. The average molecular weight is 510 g/mol. The highest BCUT2D eigenvalue weighted by atomic mass is 32.1. The van der Waals surface area contributed by atoms with E-state index in [1.165, 1.54) is 29.2 Å². The van der Waals surface area contributed by atoms with E-state index in [1.807, 2.05) is 30.3 Å². The zero-order valence-corrected chi connectivity index (χ0v) is 20.5. The smallest absolute Gasteiger partial charge is 0.273 e. The Morgan fingerprint density at radius 1 is 1.03 bits per heavy atom. The minimum absolute atomic E-state index is 0.00140. The van der Waals surface area contributed by atoms with Crippen molar-refractivity contribution in [2.24, 2.45) is 0 Å². The number of halogens is 1. The number of hydrogen-bond acceptors (Lipinski definition) is 6. The fraction of sp³-hybridized carbons (Fsp3) is 0.308. The molecule has 0 radical (unpaired) electrons. The first-order valence-electron chi connectivity index (χ1n) is 11.9. The zero-order chi connectivity index (χ0) is 25.5. The van der Waals surface area contributed by atoms with Crippen molar-refractivity contribution in [2.45, 2.75) is 44.7 Å². The molecule has 8 nitrogen and oxygen atoms in total. The maximum atomic E-state index is 13.5. The van der Waals surface area contributed by atoms with Gasteiger partial charge in [-0.3, -0.25) is 19.3 Å². The molecule has 10 heteroatoms. The van der Waals surface area contributed by atoms with Crippen molar-refractivity contribution in [3.63, 3.8) is 0 Å². The van der Waals surface area contributed by atoms with Crippen molar-refractivity contribution in [3.05, 3.63) is 76.5 Å². The Hall–Kier alpha value is -3.79. The van der Waals surface area contributed by atoms with Crippen molar-refractivity contribution in [2.75, 3.05) is 17.2 Å². The molecule has 3 amide bonds. The van der Waals surface area contributed by atoms with Gasteiger partial charge in [0.1, 0.15) is 17.2 Å². The number of carbonyl (C=O) groups excluding carboxylic acids is 3. The fourth-order valence-corrected chi connectivity index (χ4v) is 4.88. The van der Waals surface area contributed by atoms with E-state index in [9.17, 15) is 18.8 Å². The van der Waals surface area contributed by atoms with Gasteiger partial charge in [-0.15, -0.1) is 0 Å². The van der Waals surface area contributed by atoms with Gasteiger partial charge in [0.2, 0.25) is 5.91 Å². The van der Waals surface area contributed by atoms with Crippen LogP contribution in [0.5, 0.6) is 0 Å². The minimum Gasteiger partial charge on any atom is -0.395 e. The normalized spacial score (nSPS) is 13.7. The summed E-state index contributed by atoms with van der Waals surface area (Å²) < 4.78 is 17.7. The fourth-order valence-electron chi connectivity index (χ4n) is 4.14. The molecule has 188 valence electrons. The second-order valence-electron chi connectivity index (χ2n) is 8.71. The van der Waals surface area contributed by atoms with Crippen molar-refractivity contribution in [1.82, 2.24) is 15.0 Å². The van der Waals surface area contributed by atoms with Crippen LogP contribution in [-0.4, -0.2) is 34.7 Å². The van der Waals surface area contributed by atoms with Crippen LogP contribution in [-0.2, 0) is 11.3 Å². The molecule has 1 saturated carbocycles. The molecule has 3 aromatic rings. The monoisotopic (exact) mass is 509 g/mol. The van der Waals surface area contributed by atoms with E-state index in [1.54, 1.807) is 0 Å². The first kappa shape index (κ1) is 25.3. The summed E-state index contributed by atoms with van der Waals surface area (Å²) in [6.45, 7) is -0.0302. The van der Waals surface area contributed by atoms with Crippen molar-refractivity contribution < 1.29 is 18.8 Å². The molecule has 1 aliphatic carbocycles. The van der Waals surface area contributed by atoms with Crippen LogP contribution in [0.1, 0.15) is 57.8 Å². The summed E-state index contributed by atoms with van der Waals surface area (Å²) in [6.07, 6.45) is 5.07. The number of nitrogen functional groups attached to an aromatic ring is 1. The number of anilines is 2. The van der Waals surface area contributed by atoms with Gasteiger partial charge in [-0.05, 0) is 54.2 Å². The summed E-state index contributed by atoms with van der Waals surface area (Å²) in [4.78, 5) is 40.2. The van der Waals surface area contributed by atoms with Gasteiger partial charge in [-0.1, -0.05) is 49.6 Å². The van der Waals surface area contributed by atoms with Crippen LogP contribution >= 0.6 is 11.5 Å². The van der Waals surface area contributed by atoms with E-state index < -0.39 is 23.5 Å². The molecule has 1 aliphatic rings. The zero-order valence-electron chi connectivity index (χ0n) is 19.7. The van der Waals surface area contributed by atoms with Gasteiger partial charge in [0, 0.05) is 18.3 Å². The molecule has 0 aliphatic heterocycles. The second-order valence-corrected chi connectivity index (χ2v) is 9.49. The molecule has 0 unspecified atom stereocenters. The van der Waals surface area contributed by atoms with Gasteiger partial charge in [-0.25, -0.2) is 4.39 Å². The van der Waals surface area contributed by atoms with Gasteiger partial charge in [-0.2, -0.15) is 4.37 Å². The van der Waals surface area contributed by atoms with Crippen LogP contribution in [0.4, 0.5) is 15.8 Å². The molecule has 0 atom stereocenters. The molecule has 2 aromatic carbocycles. The number of nitrogens with one attached hydrogen (secondary N) is 2. The lowest BCUT2D eigenvalue weighted by atomic mass is 9.95. The summed E-state index contributed by atoms with van der Waals surface area (Å²) in [5.74, 6) is -1.89. The van der Waals surface area contributed by atoms with Crippen LogP contribution in [0.25, 0.3) is 0 Å². The van der Waals surface area contributed by atoms with Gasteiger partial charge in [0.05, 0.1) is 5.69 Å². The molecule has 0 bridgehead atoms. The summed E-state index contributed by atoms with van der Waals surface area (Å²) in [6, 6.07) is 14.7. The lowest BCUT2D eigenvalue weighted by Gasteiger charge is -2.23. The molecule has 1 fully saturated rings. The molecule has 1 aromatic heterocycles. The lowest BCUT2D eigenvalue weighted by Crippen LogP contribution is -2.40. The van der Waals surface area contributed by atoms with Crippen LogP contribution in [0, 0.1) is 5.82 Å². The molecule has 1 heterocycles. The number of nitrogens with zero attached hydrogens (tertiary/aromatic N) is 2. The van der Waals surface area contributed by atoms with E-state index in [-0.39, 0.29) is 28.8 Å². The number of amides is 3. The average Bonchev–Trinajstić information content (AvgIpc) is 3.29. The molecule has 36 heavy (non-hydrogen) atoms. The van der Waals surface area contributed by atoms with Crippen LogP contribution in [0.3, 0.4) is 0 Å². The summed E-state index contributed by atoms with van der Waals surface area (Å²) in [5, 5.41) is 5.74. The molecule has 0 saturated heterocycles. The maximum Gasteiger partial charge on any atom is 0.273 e. The molecule has 0 spiro atoms. The Bertz CT molecular complexity index is 1210. The number of aromatic nitrogens is 1. The van der Waals surface area contributed by atoms with Gasteiger partial charge in [0.15, 0.2) is 5.69 Å².